The summed E-state index contributed by atoms with van der Waals surface area (Å²) < 4.78 is 8.96. The number of nitrogens with zero attached hydrogens (tertiary/aromatic N) is 5. The zero-order chi connectivity index (χ0) is 40.7. The van der Waals surface area contributed by atoms with Gasteiger partial charge in [-0.25, -0.2) is 15.0 Å². The molecule has 0 radical (unpaired) electrons. The van der Waals surface area contributed by atoms with Gasteiger partial charge in [0.15, 0.2) is 17.5 Å². The van der Waals surface area contributed by atoms with Crippen LogP contribution in [0.1, 0.15) is 0 Å². The van der Waals surface area contributed by atoms with Gasteiger partial charge in [0.1, 0.15) is 11.2 Å². The zero-order valence-electron chi connectivity index (χ0n) is 33.2. The standard InChI is InChI=1S/C56H33N5O/c1-3-12-34(13-4-1)54-58-55(36-22-25-51-47(29-36)43-19-9-10-20-50(43)61(51)39-15-5-2-6-16-39)60-56(59-54)37-23-26-52-48(30-37)49-31-45-41-18-8-7-17-40(41)44-28-35(38-14-11-27-57-33-38)21-24-42(44)46(45)32-53(49)62-52/h1-33H. The van der Waals surface area contributed by atoms with Crippen LogP contribution in [-0.4, -0.2) is 24.5 Å². The molecule has 0 aliphatic heterocycles. The van der Waals surface area contributed by atoms with Crippen LogP contribution >= 0.6 is 0 Å². The largest absolute Gasteiger partial charge is 0.456 e. The minimum Gasteiger partial charge on any atom is -0.456 e. The Morgan fingerprint density at radius 3 is 1.63 bits per heavy atom. The van der Waals surface area contributed by atoms with Crippen molar-refractivity contribution in [2.45, 2.75) is 0 Å². The lowest BCUT2D eigenvalue weighted by Crippen LogP contribution is -2.00. The molecule has 6 nitrogen and oxygen atoms in total. The normalized spacial score (nSPS) is 11.9. The second-order valence-corrected chi connectivity index (χ2v) is 15.8. The number of hydrogen-bond acceptors (Lipinski definition) is 5. The van der Waals surface area contributed by atoms with Crippen LogP contribution in [0, 0.1) is 0 Å². The average Bonchev–Trinajstić information content (AvgIpc) is 3.88. The highest BCUT2D eigenvalue weighted by atomic mass is 16.3. The molecule has 6 heteroatoms. The van der Waals surface area contributed by atoms with Gasteiger partial charge in [0, 0.05) is 61.9 Å². The zero-order valence-corrected chi connectivity index (χ0v) is 33.2. The van der Waals surface area contributed by atoms with E-state index in [0.717, 1.165) is 77.2 Å². The lowest BCUT2D eigenvalue weighted by molar-refractivity contribution is 0.669. The highest BCUT2D eigenvalue weighted by Crippen LogP contribution is 2.42. The third kappa shape index (κ3) is 5.37. The van der Waals surface area contributed by atoms with Gasteiger partial charge in [-0.1, -0.05) is 109 Å². The van der Waals surface area contributed by atoms with Gasteiger partial charge >= 0.3 is 0 Å². The summed E-state index contributed by atoms with van der Waals surface area (Å²) in [6.07, 6.45) is 3.73. The molecule has 0 saturated carbocycles. The predicted octanol–water partition coefficient (Wildman–Crippen LogP) is 14.4. The molecule has 0 spiro atoms. The fourth-order valence-electron chi connectivity index (χ4n) is 9.39. The molecule has 288 valence electrons. The molecule has 0 saturated heterocycles. The lowest BCUT2D eigenvalue weighted by atomic mass is 9.91. The molecule has 62 heavy (non-hydrogen) atoms. The number of fused-ring (bicyclic) bond motifs is 12. The number of aromatic nitrogens is 5. The fraction of sp³-hybridized carbons (Fsp3) is 0. The molecule has 13 rings (SSSR count). The highest BCUT2D eigenvalue weighted by Gasteiger charge is 2.19. The minimum atomic E-state index is 0.596. The first-order valence-electron chi connectivity index (χ1n) is 20.8. The Balaban J connectivity index is 0.990. The maximum absolute atomic E-state index is 6.64. The van der Waals surface area contributed by atoms with E-state index in [0.29, 0.717) is 17.5 Å². The molecular weight excluding hydrogens is 759 g/mol. The maximum atomic E-state index is 6.64. The Bertz CT molecular complexity index is 3910. The quantitative estimate of drug-likeness (QED) is 0.162. The van der Waals surface area contributed by atoms with Gasteiger partial charge in [-0.05, 0) is 117 Å². The van der Waals surface area contributed by atoms with Crippen molar-refractivity contribution in [3.05, 3.63) is 200 Å². The van der Waals surface area contributed by atoms with E-state index in [1.165, 1.54) is 32.3 Å². The monoisotopic (exact) mass is 791 g/mol. The van der Waals surface area contributed by atoms with Crippen LogP contribution < -0.4 is 0 Å². The SMILES string of the molecule is c1ccc(-c2nc(-c3ccc4oc5cc6c7ccc(-c8cccnc8)cc7c7ccccc7c6cc5c4c3)nc(-c3ccc4c(c3)c3ccccc3n4-c3ccccc3)n2)cc1. The van der Waals surface area contributed by atoms with Crippen molar-refractivity contribution in [2.75, 3.05) is 0 Å². The van der Waals surface area contributed by atoms with Gasteiger partial charge < -0.3 is 8.98 Å². The number of benzene rings is 9. The summed E-state index contributed by atoms with van der Waals surface area (Å²) in [5, 5.41) is 11.5. The van der Waals surface area contributed by atoms with E-state index in [1.54, 1.807) is 0 Å². The van der Waals surface area contributed by atoms with E-state index >= 15 is 0 Å². The molecule has 0 aliphatic rings. The fourth-order valence-corrected chi connectivity index (χ4v) is 9.39. The Kier molecular flexibility index (Phi) is 7.50. The van der Waals surface area contributed by atoms with Crippen molar-refractivity contribution in [3.63, 3.8) is 0 Å². The van der Waals surface area contributed by atoms with Gasteiger partial charge in [0.2, 0.25) is 0 Å². The van der Waals surface area contributed by atoms with Crippen molar-refractivity contribution in [3.8, 4) is 51.0 Å². The molecule has 9 aromatic carbocycles. The van der Waals surface area contributed by atoms with Crippen LogP contribution in [0.15, 0.2) is 205 Å². The average molecular weight is 792 g/mol. The minimum absolute atomic E-state index is 0.596. The summed E-state index contributed by atoms with van der Waals surface area (Å²) >= 11 is 0. The van der Waals surface area contributed by atoms with Crippen molar-refractivity contribution in [2.24, 2.45) is 0 Å². The molecule has 0 fully saturated rings. The molecule has 0 aliphatic carbocycles. The second kappa shape index (κ2) is 13.5. The van der Waals surface area contributed by atoms with Crippen molar-refractivity contribution < 1.29 is 4.42 Å². The Morgan fingerprint density at radius 2 is 0.871 bits per heavy atom. The van der Waals surface area contributed by atoms with E-state index in [-0.39, 0.29) is 0 Å². The number of hydrogen-bond donors (Lipinski definition) is 0. The van der Waals surface area contributed by atoms with Crippen LogP contribution in [-0.2, 0) is 0 Å². The summed E-state index contributed by atoms with van der Waals surface area (Å²) in [5.74, 6) is 1.82. The number of rotatable bonds is 5. The molecule has 4 heterocycles. The Morgan fingerprint density at radius 1 is 0.323 bits per heavy atom. The molecule has 0 N–H and O–H groups in total. The summed E-state index contributed by atoms with van der Waals surface area (Å²) in [6, 6.07) is 66.0. The van der Waals surface area contributed by atoms with Gasteiger partial charge in [-0.15, -0.1) is 0 Å². The molecule has 0 atom stereocenters. The highest BCUT2D eigenvalue weighted by molar-refractivity contribution is 6.28. The first kappa shape index (κ1) is 34.4. The smallest absolute Gasteiger partial charge is 0.164 e. The van der Waals surface area contributed by atoms with Gasteiger partial charge in [0.25, 0.3) is 0 Å². The van der Waals surface area contributed by atoms with E-state index in [9.17, 15) is 0 Å². The number of furan rings is 1. The molecule has 0 unspecified atom stereocenters. The van der Waals surface area contributed by atoms with E-state index in [1.807, 2.05) is 54.9 Å². The van der Waals surface area contributed by atoms with E-state index in [4.69, 9.17) is 19.4 Å². The second-order valence-electron chi connectivity index (χ2n) is 15.8. The van der Waals surface area contributed by atoms with E-state index < -0.39 is 0 Å². The van der Waals surface area contributed by atoms with Crippen LogP contribution in [0.25, 0.3) is 127 Å². The third-order valence-corrected chi connectivity index (χ3v) is 12.3. The summed E-state index contributed by atoms with van der Waals surface area (Å²) in [7, 11) is 0. The van der Waals surface area contributed by atoms with E-state index in [2.05, 4.69) is 155 Å². The van der Waals surface area contributed by atoms with Crippen molar-refractivity contribution in [1.82, 2.24) is 24.5 Å². The number of para-hydroxylation sites is 2. The first-order valence-corrected chi connectivity index (χ1v) is 20.8. The summed E-state index contributed by atoms with van der Waals surface area (Å²) in [6.45, 7) is 0. The Labute approximate surface area is 355 Å². The van der Waals surface area contributed by atoms with Crippen LogP contribution in [0.4, 0.5) is 0 Å². The molecule has 0 bridgehead atoms. The van der Waals surface area contributed by atoms with Gasteiger partial charge in [-0.2, -0.15) is 0 Å². The summed E-state index contributed by atoms with van der Waals surface area (Å²) in [5.41, 5.74) is 10.00. The molecule has 0 amide bonds. The third-order valence-electron chi connectivity index (χ3n) is 12.3. The van der Waals surface area contributed by atoms with Gasteiger partial charge in [0.05, 0.1) is 11.0 Å². The van der Waals surface area contributed by atoms with Crippen molar-refractivity contribution >= 4 is 76.1 Å². The lowest BCUT2D eigenvalue weighted by Gasteiger charge is -2.12. The topological polar surface area (TPSA) is 69.6 Å². The predicted molar refractivity (Wildman–Crippen MR) is 254 cm³/mol. The molecule has 4 aromatic heterocycles. The molecule has 13 aromatic rings. The Hall–Kier alpha value is -8.48. The van der Waals surface area contributed by atoms with Crippen LogP contribution in [0.3, 0.4) is 0 Å². The first-order chi connectivity index (χ1) is 30.7. The molecular formula is C56H33N5O. The van der Waals surface area contributed by atoms with Crippen molar-refractivity contribution in [1.29, 1.82) is 0 Å². The van der Waals surface area contributed by atoms with Gasteiger partial charge in [-0.3, -0.25) is 4.98 Å². The number of pyridine rings is 1. The maximum Gasteiger partial charge on any atom is 0.164 e. The summed E-state index contributed by atoms with van der Waals surface area (Å²) in [4.78, 5) is 19.8. The van der Waals surface area contributed by atoms with Crippen LogP contribution in [0.5, 0.6) is 0 Å². The van der Waals surface area contributed by atoms with Crippen LogP contribution in [0.2, 0.25) is 0 Å².